The third kappa shape index (κ3) is 4.56. The van der Waals surface area contributed by atoms with E-state index < -0.39 is 20.0 Å². The number of nitrogens with zero attached hydrogens (tertiary/aromatic N) is 1. The van der Waals surface area contributed by atoms with Crippen molar-refractivity contribution in [3.05, 3.63) is 59.2 Å². The standard InChI is InChI=1S/C20H26N2O4S2/c1-15-8-9-19(28(25,26)22(2)3)14-20(15)21-27(23,24)11-10-16-12-17-6-4-5-7-18(17)13-16/h4-9,14,16,21H,10-13H2,1-3H3. The van der Waals surface area contributed by atoms with Crippen LogP contribution in [0.4, 0.5) is 5.69 Å². The van der Waals surface area contributed by atoms with E-state index in [2.05, 4.69) is 16.9 Å². The van der Waals surface area contributed by atoms with E-state index in [1.807, 2.05) is 12.1 Å². The minimum atomic E-state index is -3.63. The number of rotatable bonds is 7. The van der Waals surface area contributed by atoms with Gasteiger partial charge in [0.25, 0.3) is 0 Å². The van der Waals surface area contributed by atoms with Crippen molar-refractivity contribution in [1.82, 2.24) is 4.31 Å². The third-order valence-corrected chi connectivity index (χ3v) is 8.30. The molecule has 0 atom stereocenters. The maximum Gasteiger partial charge on any atom is 0.242 e. The summed E-state index contributed by atoms with van der Waals surface area (Å²) in [5.41, 5.74) is 3.58. The van der Waals surface area contributed by atoms with Crippen LogP contribution < -0.4 is 4.72 Å². The maximum absolute atomic E-state index is 12.6. The van der Waals surface area contributed by atoms with Gasteiger partial charge in [0.1, 0.15) is 0 Å². The van der Waals surface area contributed by atoms with E-state index in [1.54, 1.807) is 13.0 Å². The zero-order chi connectivity index (χ0) is 20.5. The highest BCUT2D eigenvalue weighted by Gasteiger charge is 2.24. The predicted molar refractivity (Wildman–Crippen MR) is 111 cm³/mol. The smallest absolute Gasteiger partial charge is 0.242 e. The molecule has 0 spiro atoms. The Hall–Kier alpha value is -1.90. The van der Waals surface area contributed by atoms with Gasteiger partial charge in [0.2, 0.25) is 20.0 Å². The van der Waals surface area contributed by atoms with Gasteiger partial charge in [-0.3, -0.25) is 4.72 Å². The molecule has 28 heavy (non-hydrogen) atoms. The summed E-state index contributed by atoms with van der Waals surface area (Å²) in [6.07, 6.45) is 2.38. The van der Waals surface area contributed by atoms with Crippen molar-refractivity contribution in [2.45, 2.75) is 31.1 Å². The van der Waals surface area contributed by atoms with Crippen molar-refractivity contribution in [3.8, 4) is 0 Å². The van der Waals surface area contributed by atoms with E-state index in [0.717, 1.165) is 17.1 Å². The zero-order valence-electron chi connectivity index (χ0n) is 16.3. The first kappa shape index (κ1) is 20.8. The molecule has 152 valence electrons. The number of aryl methyl sites for hydroxylation is 1. The van der Waals surface area contributed by atoms with Gasteiger partial charge in [0, 0.05) is 14.1 Å². The van der Waals surface area contributed by atoms with Crippen molar-refractivity contribution in [1.29, 1.82) is 0 Å². The second-order valence-corrected chi connectivity index (χ2v) is 11.5. The summed E-state index contributed by atoms with van der Waals surface area (Å²) in [4.78, 5) is 0.0621. The summed E-state index contributed by atoms with van der Waals surface area (Å²) in [5.74, 6) is 0.325. The molecule has 0 aliphatic heterocycles. The van der Waals surface area contributed by atoms with Crippen molar-refractivity contribution in [2.24, 2.45) is 5.92 Å². The van der Waals surface area contributed by atoms with Crippen LogP contribution in [0.15, 0.2) is 47.4 Å². The molecule has 1 aliphatic carbocycles. The number of fused-ring (bicyclic) bond motifs is 1. The fourth-order valence-corrected chi connectivity index (χ4v) is 5.71. The average Bonchev–Trinajstić information content (AvgIpc) is 3.04. The highest BCUT2D eigenvalue weighted by atomic mass is 32.2. The second kappa shape index (κ2) is 7.85. The normalized spacial score (nSPS) is 15.0. The van der Waals surface area contributed by atoms with Gasteiger partial charge < -0.3 is 0 Å². The number of anilines is 1. The topological polar surface area (TPSA) is 83.6 Å². The molecule has 0 radical (unpaired) electrons. The van der Waals surface area contributed by atoms with E-state index >= 15 is 0 Å². The van der Waals surface area contributed by atoms with Gasteiger partial charge in [-0.05, 0) is 60.9 Å². The van der Waals surface area contributed by atoms with Gasteiger partial charge in [-0.25, -0.2) is 21.1 Å². The highest BCUT2D eigenvalue weighted by Crippen LogP contribution is 2.29. The molecular weight excluding hydrogens is 396 g/mol. The van der Waals surface area contributed by atoms with Gasteiger partial charge in [0.15, 0.2) is 0 Å². The number of sulfonamides is 2. The molecule has 0 aromatic heterocycles. The lowest BCUT2D eigenvalue weighted by molar-refractivity contribution is 0.520. The third-order valence-electron chi connectivity index (χ3n) is 5.18. The lowest BCUT2D eigenvalue weighted by atomic mass is 10.0. The molecule has 6 nitrogen and oxygen atoms in total. The molecule has 0 heterocycles. The van der Waals surface area contributed by atoms with E-state index in [-0.39, 0.29) is 10.6 Å². The van der Waals surface area contributed by atoms with E-state index in [0.29, 0.717) is 23.6 Å². The Balaban J connectivity index is 1.69. The number of hydrogen-bond acceptors (Lipinski definition) is 4. The Morgan fingerprint density at radius 2 is 1.61 bits per heavy atom. The van der Waals surface area contributed by atoms with Gasteiger partial charge in [-0.2, -0.15) is 0 Å². The van der Waals surface area contributed by atoms with Crippen LogP contribution in [-0.4, -0.2) is 41.0 Å². The highest BCUT2D eigenvalue weighted by molar-refractivity contribution is 7.92. The molecule has 8 heteroatoms. The monoisotopic (exact) mass is 422 g/mol. The SMILES string of the molecule is Cc1ccc(S(=O)(=O)N(C)C)cc1NS(=O)(=O)CCC1Cc2ccccc2C1. The summed E-state index contributed by atoms with van der Waals surface area (Å²) in [7, 11) is -4.32. The van der Waals surface area contributed by atoms with Crippen molar-refractivity contribution >= 4 is 25.7 Å². The Labute approximate surface area is 167 Å². The number of benzene rings is 2. The predicted octanol–water partition coefficient (Wildman–Crippen LogP) is 2.79. The Bertz CT molecular complexity index is 1050. The zero-order valence-corrected chi connectivity index (χ0v) is 18.0. The molecule has 1 N–H and O–H groups in total. The molecule has 2 aromatic rings. The van der Waals surface area contributed by atoms with Crippen molar-refractivity contribution < 1.29 is 16.8 Å². The maximum atomic E-state index is 12.6. The number of nitrogens with one attached hydrogen (secondary N) is 1. The van der Waals surface area contributed by atoms with Crippen LogP contribution in [0.3, 0.4) is 0 Å². The molecule has 0 bridgehead atoms. The van der Waals surface area contributed by atoms with Crippen molar-refractivity contribution in [2.75, 3.05) is 24.6 Å². The summed E-state index contributed by atoms with van der Waals surface area (Å²) >= 11 is 0. The molecule has 0 fully saturated rings. The minimum Gasteiger partial charge on any atom is -0.283 e. The summed E-state index contributed by atoms with van der Waals surface area (Å²) < 4.78 is 53.5. The molecule has 0 saturated carbocycles. The Morgan fingerprint density at radius 3 is 2.18 bits per heavy atom. The molecular formula is C20H26N2O4S2. The van der Waals surface area contributed by atoms with E-state index in [9.17, 15) is 16.8 Å². The summed E-state index contributed by atoms with van der Waals surface area (Å²) in [6, 6.07) is 12.7. The molecule has 1 aliphatic rings. The first-order valence-corrected chi connectivity index (χ1v) is 12.3. The largest absolute Gasteiger partial charge is 0.283 e. The van der Waals surface area contributed by atoms with Crippen LogP contribution in [-0.2, 0) is 32.9 Å². The summed E-state index contributed by atoms with van der Waals surface area (Å²) in [5, 5.41) is 0. The first-order valence-electron chi connectivity index (χ1n) is 9.19. The fraction of sp³-hybridized carbons (Fsp3) is 0.400. The van der Waals surface area contributed by atoms with Crippen LogP contribution in [0.1, 0.15) is 23.1 Å². The first-order chi connectivity index (χ1) is 13.1. The van der Waals surface area contributed by atoms with E-state index in [4.69, 9.17) is 0 Å². The lowest BCUT2D eigenvalue weighted by Gasteiger charge is -2.16. The second-order valence-electron chi connectivity index (χ2n) is 7.52. The number of hydrogen-bond donors (Lipinski definition) is 1. The lowest BCUT2D eigenvalue weighted by Crippen LogP contribution is -2.23. The quantitative estimate of drug-likeness (QED) is 0.744. The van der Waals surface area contributed by atoms with Crippen LogP contribution in [0.2, 0.25) is 0 Å². The minimum absolute atomic E-state index is 0.00968. The van der Waals surface area contributed by atoms with E-state index in [1.165, 1.54) is 37.4 Å². The Morgan fingerprint density at radius 1 is 1.00 bits per heavy atom. The molecule has 0 amide bonds. The summed E-state index contributed by atoms with van der Waals surface area (Å²) in [6.45, 7) is 1.75. The van der Waals surface area contributed by atoms with Crippen LogP contribution in [0.5, 0.6) is 0 Å². The van der Waals surface area contributed by atoms with Gasteiger partial charge in [0.05, 0.1) is 16.3 Å². The van der Waals surface area contributed by atoms with Crippen LogP contribution >= 0.6 is 0 Å². The fourth-order valence-electron chi connectivity index (χ4n) is 3.48. The van der Waals surface area contributed by atoms with Gasteiger partial charge >= 0.3 is 0 Å². The molecule has 3 rings (SSSR count). The average molecular weight is 423 g/mol. The van der Waals surface area contributed by atoms with Gasteiger partial charge in [-0.15, -0.1) is 0 Å². The molecule has 0 unspecified atom stereocenters. The van der Waals surface area contributed by atoms with Crippen molar-refractivity contribution in [3.63, 3.8) is 0 Å². The molecule has 2 aromatic carbocycles. The van der Waals surface area contributed by atoms with Crippen LogP contribution in [0.25, 0.3) is 0 Å². The van der Waals surface area contributed by atoms with Gasteiger partial charge in [-0.1, -0.05) is 30.3 Å². The Kier molecular flexibility index (Phi) is 5.84. The molecule has 0 saturated heterocycles. The van der Waals surface area contributed by atoms with Crippen LogP contribution in [0, 0.1) is 12.8 Å².